The first kappa shape index (κ1) is 12.6. The lowest BCUT2D eigenvalue weighted by molar-refractivity contribution is 0.393. The van der Waals surface area contributed by atoms with Crippen molar-refractivity contribution in [1.29, 1.82) is 5.26 Å². The van der Waals surface area contributed by atoms with Crippen LogP contribution < -0.4 is 0 Å². The van der Waals surface area contributed by atoms with Gasteiger partial charge in [0.25, 0.3) is 0 Å². The van der Waals surface area contributed by atoms with Crippen molar-refractivity contribution in [3.63, 3.8) is 0 Å². The van der Waals surface area contributed by atoms with Crippen LogP contribution in [0.4, 0.5) is 0 Å². The molecule has 0 bridgehead atoms. The molecular weight excluding hydrogens is 173 g/mol. The van der Waals surface area contributed by atoms with Crippen LogP contribution >= 0.6 is 8.25 Å². The zero-order chi connectivity index (χ0) is 9.28. The predicted molar refractivity (Wildman–Crippen MR) is 36.1 cm³/mol. The molecule has 0 aliphatic rings. The maximum Gasteiger partial charge on any atom is 0.692 e. The fourth-order valence-electron chi connectivity index (χ4n) is 0.131. The molecule has 0 amide bonds. The molecule has 0 aromatic rings. The summed E-state index contributed by atoms with van der Waals surface area (Å²) in [5.74, 6) is 0. The number of rotatable bonds is 2. The van der Waals surface area contributed by atoms with Gasteiger partial charge in [-0.2, -0.15) is 5.26 Å². The summed E-state index contributed by atoms with van der Waals surface area (Å²) in [5, 5.41) is 11.3. The van der Waals surface area contributed by atoms with Crippen LogP contribution in [0.2, 0.25) is 0 Å². The molecule has 0 radical (unpaired) electrons. The van der Waals surface area contributed by atoms with E-state index in [-0.39, 0.29) is 6.54 Å². The van der Waals surface area contributed by atoms with Gasteiger partial charge in [-0.25, -0.2) is 5.01 Å². The Bertz CT molecular complexity index is 162. The van der Waals surface area contributed by atoms with Crippen LogP contribution in [0.15, 0.2) is 5.29 Å². The third-order valence-corrected chi connectivity index (χ3v) is 0.439. The monoisotopic (exact) mass is 180 g/mol. The smallest absolute Gasteiger partial charge is 0.250 e. The van der Waals surface area contributed by atoms with Crippen LogP contribution in [0, 0.1) is 16.2 Å². The molecule has 11 heavy (non-hydrogen) atoms. The largest absolute Gasteiger partial charge is 0.692 e. The van der Waals surface area contributed by atoms with E-state index < -0.39 is 8.25 Å². The quantitative estimate of drug-likeness (QED) is 0.262. The van der Waals surface area contributed by atoms with E-state index in [4.69, 9.17) is 19.6 Å². The summed E-state index contributed by atoms with van der Waals surface area (Å²) in [6.07, 6.45) is 0. The minimum absolute atomic E-state index is 0.0590. The van der Waals surface area contributed by atoms with Crippen molar-refractivity contribution in [2.24, 2.45) is 5.29 Å². The average molecular weight is 180 g/mol. The van der Waals surface area contributed by atoms with Crippen LogP contribution in [0.25, 0.3) is 0 Å². The van der Waals surface area contributed by atoms with Gasteiger partial charge in [0.15, 0.2) is 0 Å². The number of nitriles is 1. The molecule has 0 heterocycles. The molecule has 0 aromatic heterocycles. The van der Waals surface area contributed by atoms with E-state index in [1.54, 1.807) is 6.07 Å². The van der Waals surface area contributed by atoms with Gasteiger partial charge in [-0.1, -0.05) is 0 Å². The zero-order valence-electron chi connectivity index (χ0n) is 5.71. The molecule has 2 N–H and O–H groups in total. The van der Waals surface area contributed by atoms with Gasteiger partial charge in [0.2, 0.25) is 0 Å². The highest BCUT2D eigenvalue weighted by atomic mass is 31.1. The zero-order valence-corrected chi connectivity index (χ0v) is 6.60. The van der Waals surface area contributed by atoms with Crippen molar-refractivity contribution in [1.82, 2.24) is 5.01 Å². The highest BCUT2D eigenvalue weighted by Crippen LogP contribution is 1.98. The lowest BCUT2D eigenvalue weighted by Gasteiger charge is -1.97. The van der Waals surface area contributed by atoms with Crippen LogP contribution in [-0.4, -0.2) is 28.4 Å². The van der Waals surface area contributed by atoms with Crippen molar-refractivity contribution in [3.8, 4) is 6.07 Å². The van der Waals surface area contributed by atoms with Crippen LogP contribution in [0.1, 0.15) is 0 Å². The Kier molecular flexibility index (Phi) is 10.2. The van der Waals surface area contributed by atoms with Gasteiger partial charge in [0.1, 0.15) is 6.54 Å². The lowest BCUT2D eigenvalue weighted by atomic mass is 10.7. The van der Waals surface area contributed by atoms with Crippen molar-refractivity contribution in [3.05, 3.63) is 4.91 Å². The molecule has 0 aromatic carbocycles. The number of hydrogen-bond acceptors (Lipinski definition) is 4. The highest BCUT2D eigenvalue weighted by molar-refractivity contribution is 7.30. The Balaban J connectivity index is 0. The van der Waals surface area contributed by atoms with Gasteiger partial charge >= 0.3 is 8.25 Å². The van der Waals surface area contributed by atoms with Crippen molar-refractivity contribution < 1.29 is 14.4 Å². The molecular formula is C3H7N3O4P+. The molecule has 62 valence electrons. The van der Waals surface area contributed by atoms with Gasteiger partial charge in [-0.05, 0) is 0 Å². The van der Waals surface area contributed by atoms with Crippen LogP contribution in [0.3, 0.4) is 0 Å². The second-order valence-electron chi connectivity index (χ2n) is 1.31. The second kappa shape index (κ2) is 8.91. The van der Waals surface area contributed by atoms with E-state index in [2.05, 4.69) is 5.29 Å². The molecule has 0 rings (SSSR count). The first-order valence-corrected chi connectivity index (χ1v) is 3.47. The normalized spacial score (nSPS) is 6.73. The summed E-state index contributed by atoms with van der Waals surface area (Å²) in [5.41, 5.74) is 0. The van der Waals surface area contributed by atoms with Crippen LogP contribution in [-0.2, 0) is 4.57 Å². The Morgan fingerprint density at radius 2 is 2.09 bits per heavy atom. The summed E-state index contributed by atoms with van der Waals surface area (Å²) >= 11 is 0. The third-order valence-electron chi connectivity index (χ3n) is 0.439. The summed E-state index contributed by atoms with van der Waals surface area (Å²) in [7, 11) is -1.43. The molecule has 0 aliphatic heterocycles. The number of hydrogen-bond donors (Lipinski definition) is 2. The number of nitroso groups, excluding NO2 is 1. The standard InChI is InChI=1S/C3H5N3O.HO3P/c1-6(5-7)3-2-4;1-4(2)3/h3H2,1H3;(H-,1,2,3)/p+1. The Morgan fingerprint density at radius 3 is 2.18 bits per heavy atom. The summed E-state index contributed by atoms with van der Waals surface area (Å²) in [6, 6.07) is 1.75. The fraction of sp³-hybridized carbons (Fsp3) is 0.667. The van der Waals surface area contributed by atoms with Crippen molar-refractivity contribution in [2.45, 2.75) is 0 Å². The number of nitrogens with zero attached hydrogens (tertiary/aromatic N) is 3. The maximum absolute atomic E-state index is 9.42. The average Bonchev–Trinajstić information content (AvgIpc) is 1.87. The van der Waals surface area contributed by atoms with E-state index in [1.165, 1.54) is 7.05 Å². The third kappa shape index (κ3) is 27.8. The van der Waals surface area contributed by atoms with Gasteiger partial charge in [0.05, 0.1) is 11.4 Å². The lowest BCUT2D eigenvalue weighted by Crippen LogP contribution is -2.08. The molecule has 0 saturated heterocycles. The topological polar surface area (TPSA) is 114 Å². The van der Waals surface area contributed by atoms with Crippen molar-refractivity contribution in [2.75, 3.05) is 13.6 Å². The van der Waals surface area contributed by atoms with Gasteiger partial charge < -0.3 is 0 Å². The first-order chi connectivity index (χ1) is 5.04. The molecule has 0 aliphatic carbocycles. The fourth-order valence-corrected chi connectivity index (χ4v) is 0.131. The molecule has 0 unspecified atom stereocenters. The second-order valence-corrected chi connectivity index (χ2v) is 1.81. The van der Waals surface area contributed by atoms with E-state index in [9.17, 15) is 4.91 Å². The summed E-state index contributed by atoms with van der Waals surface area (Å²) in [4.78, 5) is 23.7. The Morgan fingerprint density at radius 1 is 1.73 bits per heavy atom. The van der Waals surface area contributed by atoms with E-state index in [0.29, 0.717) is 0 Å². The molecule has 8 heteroatoms. The van der Waals surface area contributed by atoms with Gasteiger partial charge in [0, 0.05) is 11.6 Å². The van der Waals surface area contributed by atoms with Crippen molar-refractivity contribution >= 4 is 8.25 Å². The molecule has 0 saturated carbocycles. The maximum atomic E-state index is 9.42. The minimum Gasteiger partial charge on any atom is -0.250 e. The Labute approximate surface area is 63.8 Å². The molecule has 7 nitrogen and oxygen atoms in total. The van der Waals surface area contributed by atoms with Gasteiger partial charge in [-0.15, -0.1) is 14.7 Å². The van der Waals surface area contributed by atoms with Crippen LogP contribution in [0.5, 0.6) is 0 Å². The first-order valence-electron chi connectivity index (χ1n) is 2.31. The molecule has 0 atom stereocenters. The summed E-state index contributed by atoms with van der Waals surface area (Å²) in [6.45, 7) is 0.0590. The summed E-state index contributed by atoms with van der Waals surface area (Å²) < 4.78 is 8.70. The van der Waals surface area contributed by atoms with E-state index in [1.807, 2.05) is 0 Å². The predicted octanol–water partition coefficient (Wildman–Crippen LogP) is -0.248. The highest BCUT2D eigenvalue weighted by Gasteiger charge is 1.93. The minimum atomic E-state index is -2.87. The molecule has 0 fully saturated rings. The van der Waals surface area contributed by atoms with E-state index >= 15 is 0 Å². The van der Waals surface area contributed by atoms with Gasteiger partial charge in [-0.3, -0.25) is 0 Å². The Hall–Kier alpha value is -1.09. The SMILES string of the molecule is CN(CC#N)N=O.O=[P+](O)O. The van der Waals surface area contributed by atoms with E-state index in [0.717, 1.165) is 5.01 Å². The molecule has 0 spiro atoms.